The predicted octanol–water partition coefficient (Wildman–Crippen LogP) is 3.11. The highest BCUT2D eigenvalue weighted by atomic mass is 16.5. The minimum atomic E-state index is -0.901. The SMILES string of the molecule is CCOC(=O)C(N)CCCC(C)NC(=O)C(NC(=O)OC)C(c1ccccc1)c1ccccc1. The number of ether oxygens (including phenoxy) is 2. The van der Waals surface area contributed by atoms with Gasteiger partial charge in [0.15, 0.2) is 0 Å². The number of benzene rings is 2. The Morgan fingerprint density at radius 2 is 1.47 bits per heavy atom. The topological polar surface area (TPSA) is 120 Å². The molecule has 0 bridgehead atoms. The normalized spacial score (nSPS) is 13.4. The highest BCUT2D eigenvalue weighted by molar-refractivity contribution is 5.87. The molecule has 0 aliphatic rings. The highest BCUT2D eigenvalue weighted by Gasteiger charge is 2.33. The van der Waals surface area contributed by atoms with Gasteiger partial charge in [-0.15, -0.1) is 0 Å². The molecule has 2 rings (SSSR count). The summed E-state index contributed by atoms with van der Waals surface area (Å²) in [4.78, 5) is 37.3. The Morgan fingerprint density at radius 1 is 0.912 bits per heavy atom. The molecule has 0 aliphatic carbocycles. The van der Waals surface area contributed by atoms with Gasteiger partial charge in [0, 0.05) is 12.0 Å². The van der Waals surface area contributed by atoms with Crippen molar-refractivity contribution < 1.29 is 23.9 Å². The van der Waals surface area contributed by atoms with Crippen molar-refractivity contribution >= 4 is 18.0 Å². The molecule has 3 atom stereocenters. The van der Waals surface area contributed by atoms with Gasteiger partial charge in [-0.1, -0.05) is 60.7 Å². The number of methoxy groups -OCH3 is 1. The van der Waals surface area contributed by atoms with Gasteiger partial charge in [0.05, 0.1) is 13.7 Å². The molecule has 8 heteroatoms. The molecule has 0 aliphatic heterocycles. The zero-order chi connectivity index (χ0) is 24.9. The van der Waals surface area contributed by atoms with Crippen molar-refractivity contribution in [1.82, 2.24) is 10.6 Å². The molecule has 0 spiro atoms. The van der Waals surface area contributed by atoms with Crippen molar-refractivity contribution in [2.24, 2.45) is 5.73 Å². The van der Waals surface area contributed by atoms with Crippen LogP contribution >= 0.6 is 0 Å². The molecule has 184 valence electrons. The lowest BCUT2D eigenvalue weighted by Crippen LogP contribution is -2.52. The Morgan fingerprint density at radius 3 is 1.97 bits per heavy atom. The van der Waals surface area contributed by atoms with Crippen LogP contribution in [0.25, 0.3) is 0 Å². The molecule has 8 nitrogen and oxygen atoms in total. The van der Waals surface area contributed by atoms with Gasteiger partial charge in [-0.3, -0.25) is 9.59 Å². The fraction of sp³-hybridized carbons (Fsp3) is 0.423. The molecule has 0 saturated heterocycles. The van der Waals surface area contributed by atoms with E-state index in [4.69, 9.17) is 15.2 Å². The molecule has 2 aromatic rings. The number of carbonyl (C=O) groups is 3. The first-order valence-electron chi connectivity index (χ1n) is 11.5. The van der Waals surface area contributed by atoms with Crippen LogP contribution in [0.4, 0.5) is 4.79 Å². The zero-order valence-corrected chi connectivity index (χ0v) is 20.0. The van der Waals surface area contributed by atoms with Crippen molar-refractivity contribution in [3.05, 3.63) is 71.8 Å². The van der Waals surface area contributed by atoms with E-state index in [1.165, 1.54) is 7.11 Å². The fourth-order valence-electron chi connectivity index (χ4n) is 3.80. The van der Waals surface area contributed by atoms with Gasteiger partial charge >= 0.3 is 12.1 Å². The standard InChI is InChI=1S/C26H35N3O5/c1-4-34-25(31)21(27)17-11-12-18(2)28-24(30)23(29-26(32)33-3)22(19-13-7-5-8-14-19)20-15-9-6-10-16-20/h5-10,13-16,18,21-23H,4,11-12,17,27H2,1-3H3,(H,28,30)(H,29,32). The van der Waals surface area contributed by atoms with Crippen molar-refractivity contribution in [3.63, 3.8) is 0 Å². The smallest absolute Gasteiger partial charge is 0.407 e. The molecular weight excluding hydrogens is 434 g/mol. The van der Waals surface area contributed by atoms with Crippen LogP contribution in [0.15, 0.2) is 60.7 Å². The third-order valence-electron chi connectivity index (χ3n) is 5.52. The van der Waals surface area contributed by atoms with Gasteiger partial charge in [-0.25, -0.2) is 4.79 Å². The van der Waals surface area contributed by atoms with Crippen molar-refractivity contribution in [2.45, 2.75) is 57.2 Å². The Kier molecular flexibility index (Phi) is 11.1. The number of rotatable bonds is 12. The number of alkyl carbamates (subject to hydrolysis) is 1. The van der Waals surface area contributed by atoms with Gasteiger partial charge in [-0.05, 0) is 44.2 Å². The van der Waals surface area contributed by atoms with E-state index in [1.54, 1.807) is 6.92 Å². The average molecular weight is 470 g/mol. The summed E-state index contributed by atoms with van der Waals surface area (Å²) in [7, 11) is 1.26. The van der Waals surface area contributed by atoms with Gasteiger partial charge in [0.2, 0.25) is 5.91 Å². The molecule has 0 fully saturated rings. The van der Waals surface area contributed by atoms with Crippen LogP contribution in [0.1, 0.15) is 50.2 Å². The van der Waals surface area contributed by atoms with Crippen LogP contribution in [0.2, 0.25) is 0 Å². The number of nitrogens with two attached hydrogens (primary N) is 1. The maximum atomic E-state index is 13.4. The van der Waals surface area contributed by atoms with Crippen LogP contribution in [-0.4, -0.2) is 49.8 Å². The summed E-state index contributed by atoms with van der Waals surface area (Å²) in [5, 5.41) is 5.71. The molecule has 2 aromatic carbocycles. The summed E-state index contributed by atoms with van der Waals surface area (Å²) in [6.07, 6.45) is 1.02. The first kappa shape index (κ1) is 26.9. The van der Waals surface area contributed by atoms with Crippen LogP contribution in [0.5, 0.6) is 0 Å². The van der Waals surface area contributed by atoms with Gasteiger partial charge < -0.3 is 25.8 Å². The van der Waals surface area contributed by atoms with E-state index >= 15 is 0 Å². The van der Waals surface area contributed by atoms with Crippen LogP contribution in [-0.2, 0) is 19.1 Å². The number of esters is 1. The molecule has 0 radical (unpaired) electrons. The molecule has 2 amide bonds. The molecule has 0 aromatic heterocycles. The average Bonchev–Trinajstić information content (AvgIpc) is 2.84. The lowest BCUT2D eigenvalue weighted by Gasteiger charge is -2.29. The van der Waals surface area contributed by atoms with Gasteiger partial charge in [0.25, 0.3) is 0 Å². The summed E-state index contributed by atoms with van der Waals surface area (Å²) in [5.41, 5.74) is 7.63. The van der Waals surface area contributed by atoms with E-state index in [2.05, 4.69) is 10.6 Å². The summed E-state index contributed by atoms with van der Waals surface area (Å²) < 4.78 is 9.73. The number of hydrogen-bond donors (Lipinski definition) is 3. The lowest BCUT2D eigenvalue weighted by molar-refractivity contribution is -0.144. The first-order chi connectivity index (χ1) is 16.4. The van der Waals surface area contributed by atoms with E-state index in [1.807, 2.05) is 67.6 Å². The zero-order valence-electron chi connectivity index (χ0n) is 20.0. The number of carbonyl (C=O) groups excluding carboxylic acids is 3. The van der Waals surface area contributed by atoms with Crippen molar-refractivity contribution in [3.8, 4) is 0 Å². The summed E-state index contributed by atoms with van der Waals surface area (Å²) >= 11 is 0. The molecule has 0 heterocycles. The lowest BCUT2D eigenvalue weighted by atomic mass is 9.84. The van der Waals surface area contributed by atoms with E-state index in [-0.39, 0.29) is 18.6 Å². The van der Waals surface area contributed by atoms with E-state index < -0.39 is 30.1 Å². The molecule has 3 unspecified atom stereocenters. The van der Waals surface area contributed by atoms with Crippen molar-refractivity contribution in [2.75, 3.05) is 13.7 Å². The minimum Gasteiger partial charge on any atom is -0.465 e. The van der Waals surface area contributed by atoms with Gasteiger partial charge in [-0.2, -0.15) is 0 Å². The largest absolute Gasteiger partial charge is 0.465 e. The summed E-state index contributed by atoms with van der Waals surface area (Å²) in [6.45, 7) is 3.90. The fourth-order valence-corrected chi connectivity index (χ4v) is 3.80. The Hall–Kier alpha value is -3.39. The Bertz CT molecular complexity index is 868. The maximum Gasteiger partial charge on any atom is 0.407 e. The van der Waals surface area contributed by atoms with Gasteiger partial charge in [0.1, 0.15) is 12.1 Å². The van der Waals surface area contributed by atoms with Crippen LogP contribution in [0, 0.1) is 0 Å². The van der Waals surface area contributed by atoms with E-state index in [9.17, 15) is 14.4 Å². The van der Waals surface area contributed by atoms with Crippen LogP contribution < -0.4 is 16.4 Å². The highest BCUT2D eigenvalue weighted by Crippen LogP contribution is 2.28. The molecular formula is C26H35N3O5. The summed E-state index contributed by atoms with van der Waals surface area (Å²) in [5.74, 6) is -1.17. The second-order valence-electron chi connectivity index (χ2n) is 8.11. The Balaban J connectivity index is 2.16. The number of nitrogens with one attached hydrogen (secondary N) is 2. The van der Waals surface area contributed by atoms with E-state index in [0.29, 0.717) is 19.3 Å². The molecule has 4 N–H and O–H groups in total. The Labute approximate surface area is 201 Å². The molecule has 34 heavy (non-hydrogen) atoms. The number of hydrogen-bond acceptors (Lipinski definition) is 6. The third-order valence-corrected chi connectivity index (χ3v) is 5.52. The number of amides is 2. The second-order valence-corrected chi connectivity index (χ2v) is 8.11. The summed E-state index contributed by atoms with van der Waals surface area (Å²) in [6, 6.07) is 17.3. The third kappa shape index (κ3) is 8.19. The first-order valence-corrected chi connectivity index (χ1v) is 11.5. The van der Waals surface area contributed by atoms with E-state index in [0.717, 1.165) is 11.1 Å². The quantitative estimate of drug-likeness (QED) is 0.411. The van der Waals surface area contributed by atoms with Crippen molar-refractivity contribution in [1.29, 1.82) is 0 Å². The minimum absolute atomic E-state index is 0.198. The van der Waals surface area contributed by atoms with Crippen LogP contribution in [0.3, 0.4) is 0 Å². The second kappa shape index (κ2) is 14.0. The molecule has 0 saturated carbocycles. The predicted molar refractivity (Wildman–Crippen MR) is 130 cm³/mol. The maximum absolute atomic E-state index is 13.4. The monoisotopic (exact) mass is 469 g/mol.